The summed E-state index contributed by atoms with van der Waals surface area (Å²) in [4.78, 5) is 60.7. The number of ether oxygens (including phenoxy) is 3. The number of aliphatic imine (C=N–C) groups is 1. The van der Waals surface area contributed by atoms with Crippen LogP contribution in [0.5, 0.6) is 0 Å². The molecule has 2 amide bonds. The van der Waals surface area contributed by atoms with Crippen molar-refractivity contribution >= 4 is 139 Å². The molecule has 1 N–H and O–H groups in total. The standard InChI is InChI=1S/C24H28N6O4.2C15H19BN2O2.C14H17ClN4O3.C9H7BrN2.C6H5I.C3H3BrN2/c1-6-33-22(31)17-15-25-30-20(28(5)23(32)34-24(2,3)4)14-19(26-21(17)30)18-12-13-29(27-18)16-10-8-7-9-11-16;2*1-14(2)15(3,4)20-16(19-14)13-10-11-18(17-13)12-8-6-5-7-9-12;1-8(20)9-7-16-19-11(6-10(15)17-12(9)19)18(5)13(21)22-14(2,3)4;10-9-6-7-12(11-9)8-4-2-1-3-5-8;7-6-4-2-1-3-5-6;4-3-1-2-5-6-3/h7-15,17,21H,6H2,1-5H3;2*5-11H,1-4H3;6-7H,1-5H3;1-7H;1-5H;1-2H,(H,5,6). The number of nitrogens with one attached hydrogen (secondary N) is 1. The van der Waals surface area contributed by atoms with Crippen LogP contribution in [0.4, 0.5) is 15.4 Å². The van der Waals surface area contributed by atoms with E-state index in [9.17, 15) is 19.2 Å². The molecule has 7 aromatic heterocycles. The second-order valence-electron chi connectivity index (χ2n) is 31.5. The fourth-order valence-corrected chi connectivity index (χ4v) is 12.5. The van der Waals surface area contributed by atoms with Gasteiger partial charge in [-0.2, -0.15) is 40.2 Å². The zero-order valence-electron chi connectivity index (χ0n) is 70.6. The molecule has 35 heteroatoms. The number of rotatable bonds is 12. The Labute approximate surface area is 740 Å². The molecule has 0 bridgehead atoms. The first-order chi connectivity index (χ1) is 57.2. The van der Waals surface area contributed by atoms with Crippen molar-refractivity contribution in [3.63, 3.8) is 0 Å². The second kappa shape index (κ2) is 40.3. The van der Waals surface area contributed by atoms with Gasteiger partial charge in [-0.25, -0.2) is 38.3 Å². The first-order valence-corrected chi connectivity index (χ1v) is 41.7. The summed E-state index contributed by atoms with van der Waals surface area (Å²) in [6, 6.07) is 60.8. The van der Waals surface area contributed by atoms with Crippen LogP contribution in [0.3, 0.4) is 0 Å². The number of nitrogens with zero attached hydrogens (tertiary/aromatic N) is 17. The average molecular weight is 1900 g/mol. The minimum absolute atomic E-state index is 0.154. The number of para-hydroxylation sites is 4. The van der Waals surface area contributed by atoms with Gasteiger partial charge in [0.05, 0.1) is 80.4 Å². The van der Waals surface area contributed by atoms with Crippen LogP contribution in [-0.4, -0.2) is 184 Å². The van der Waals surface area contributed by atoms with E-state index in [0.29, 0.717) is 34.3 Å². The van der Waals surface area contributed by atoms with E-state index in [0.717, 1.165) is 43.1 Å². The lowest BCUT2D eigenvalue weighted by Crippen LogP contribution is -2.45. The predicted octanol–water partition coefficient (Wildman–Crippen LogP) is 16.6. The van der Waals surface area contributed by atoms with Gasteiger partial charge in [0.1, 0.15) is 48.8 Å². The van der Waals surface area contributed by atoms with E-state index in [2.05, 4.69) is 112 Å². The number of aromatic nitrogens is 13. The Hall–Kier alpha value is -10.7. The molecule has 11 heterocycles. The molecule has 2 fully saturated rings. The minimum Gasteiger partial charge on any atom is -0.465 e. The predicted molar refractivity (Wildman–Crippen MR) is 484 cm³/mol. The summed E-state index contributed by atoms with van der Waals surface area (Å²) in [6.45, 7) is 30.5. The summed E-state index contributed by atoms with van der Waals surface area (Å²) in [5.74, 6) is -0.561. The number of anilines is 1. The molecule has 5 aromatic carbocycles. The third-order valence-corrected chi connectivity index (χ3v) is 20.8. The van der Waals surface area contributed by atoms with Crippen molar-refractivity contribution in [1.82, 2.24) is 73.8 Å². The molecule has 121 heavy (non-hydrogen) atoms. The third-order valence-electron chi connectivity index (χ3n) is 19.0. The Morgan fingerprint density at radius 3 is 1.40 bits per heavy atom. The monoisotopic (exact) mass is 1900 g/mol. The summed E-state index contributed by atoms with van der Waals surface area (Å²) in [5.41, 5.74) is 4.69. The van der Waals surface area contributed by atoms with E-state index in [4.69, 9.17) is 49.4 Å². The van der Waals surface area contributed by atoms with Crippen molar-refractivity contribution in [2.45, 2.75) is 151 Å². The molecule has 2 atom stereocenters. The van der Waals surface area contributed by atoms with Crippen molar-refractivity contribution in [3.05, 3.63) is 266 Å². The molecule has 0 spiro atoms. The van der Waals surface area contributed by atoms with Gasteiger partial charge in [-0.3, -0.25) is 29.5 Å². The lowest BCUT2D eigenvalue weighted by Gasteiger charge is -2.34. The largest absolute Gasteiger partial charge is 0.516 e. The summed E-state index contributed by atoms with van der Waals surface area (Å²) in [6.07, 6.45) is 12.1. The van der Waals surface area contributed by atoms with Gasteiger partial charge in [-0.15, -0.1) is 0 Å². The number of hydrazone groups is 1. The highest BCUT2D eigenvalue weighted by molar-refractivity contribution is 14.1. The molecular weight excluding hydrogens is 1800 g/mol. The van der Waals surface area contributed by atoms with Gasteiger partial charge in [-0.1, -0.05) is 103 Å². The number of fused-ring (bicyclic) bond motifs is 2. The lowest BCUT2D eigenvalue weighted by atomic mass is 9.85. The molecule has 0 radical (unpaired) electrons. The number of esters is 1. The number of aromatic amines is 1. The first-order valence-electron chi connectivity index (χ1n) is 38.7. The van der Waals surface area contributed by atoms with E-state index in [1.165, 1.54) is 55.3 Å². The molecule has 0 saturated carbocycles. The average Bonchev–Trinajstić information content (AvgIpc) is 1.63. The lowest BCUT2D eigenvalue weighted by molar-refractivity contribution is -0.146. The summed E-state index contributed by atoms with van der Waals surface area (Å²) in [7, 11) is 2.30. The molecule has 2 unspecified atom stereocenters. The van der Waals surface area contributed by atoms with Gasteiger partial charge in [0.25, 0.3) is 0 Å². The highest BCUT2D eigenvalue weighted by atomic mass is 127. The smallest absolute Gasteiger partial charge is 0.465 e. The number of ketones is 1. The van der Waals surface area contributed by atoms with E-state index < -0.39 is 55.7 Å². The molecule has 632 valence electrons. The number of hydrogen-bond donors (Lipinski definition) is 1. The van der Waals surface area contributed by atoms with Gasteiger partial charge in [0, 0.05) is 67.0 Å². The minimum atomic E-state index is -0.720. The Morgan fingerprint density at radius 1 is 0.587 bits per heavy atom. The quantitative estimate of drug-likeness (QED) is 0.0297. The topological polar surface area (TPSA) is 297 Å². The number of H-pyrrole nitrogens is 1. The zero-order chi connectivity index (χ0) is 87.8. The van der Waals surface area contributed by atoms with E-state index in [-0.39, 0.29) is 39.9 Å². The van der Waals surface area contributed by atoms with Crippen LogP contribution >= 0.6 is 66.1 Å². The Kier molecular flexibility index (Phi) is 30.8. The second-order valence-corrected chi connectivity index (χ2v) is 34.8. The summed E-state index contributed by atoms with van der Waals surface area (Å²) < 4.78 is 51.7. The van der Waals surface area contributed by atoms with Gasteiger partial charge >= 0.3 is 32.4 Å². The number of benzene rings is 5. The number of halogens is 4. The molecule has 0 aliphatic carbocycles. The Balaban J connectivity index is 0.000000157. The number of Topliss-reactive ketones (excluding diaryl/α,β-unsaturated/α-hetero) is 1. The Morgan fingerprint density at radius 2 is 1.02 bits per heavy atom. The number of carbonyl (C=O) groups excluding carboxylic acids is 4. The van der Waals surface area contributed by atoms with Crippen molar-refractivity contribution in [2.75, 3.05) is 25.6 Å². The highest BCUT2D eigenvalue weighted by Gasteiger charge is 2.54. The van der Waals surface area contributed by atoms with Crippen LogP contribution in [0.25, 0.3) is 28.4 Å². The van der Waals surface area contributed by atoms with Crippen LogP contribution in [0.2, 0.25) is 5.15 Å². The molecule has 29 nitrogen and oxygen atoms in total. The summed E-state index contributed by atoms with van der Waals surface area (Å²) in [5, 5.41) is 34.5. The number of allylic oxidation sites excluding steroid dienone is 1. The van der Waals surface area contributed by atoms with Crippen molar-refractivity contribution < 1.29 is 52.0 Å². The van der Waals surface area contributed by atoms with Crippen LogP contribution in [0.15, 0.2) is 256 Å². The number of amides is 2. The number of carbonyl (C=O) groups is 4. The normalized spacial score (nSPS) is 16.2. The van der Waals surface area contributed by atoms with Crippen LogP contribution in [0.1, 0.15) is 127 Å². The maximum atomic E-state index is 12.8. The maximum absolute atomic E-state index is 12.8. The number of hydrogen-bond acceptors (Lipinski definition) is 21. The molecule has 4 aliphatic heterocycles. The van der Waals surface area contributed by atoms with Crippen molar-refractivity contribution in [3.8, 4) is 22.7 Å². The highest BCUT2D eigenvalue weighted by Crippen LogP contribution is 2.38. The molecule has 2 saturated heterocycles. The van der Waals surface area contributed by atoms with Gasteiger partial charge in [-0.05, 0) is 256 Å². The fourth-order valence-electron chi connectivity index (χ4n) is 11.4. The van der Waals surface area contributed by atoms with Gasteiger partial charge in [0.2, 0.25) is 0 Å². The SMILES string of the molecule is Brc1ccn(-c2ccccc2)n1.Brc1ccn[nH]1.CC(=O)c1cnn2c(N(C)C(=O)OC(C)(C)C)cc(Cl)nc12.CC1(C)OB(c2ccn(-c3ccccc3)n2)OC1(C)C.CC1(C)OB(c2ccn(-c3ccccc3)n2)OC1(C)C.CCOC(=O)C1C=NN2C(N(C)C(=O)OC(C)(C)C)=CC(c3ccn(-c4ccccc4)n3)=NC12.Ic1ccccc1. The summed E-state index contributed by atoms with van der Waals surface area (Å²) >= 11 is 14.7. The molecule has 4 aliphatic rings. The van der Waals surface area contributed by atoms with Gasteiger partial charge in [0.15, 0.2) is 17.6 Å². The van der Waals surface area contributed by atoms with Crippen molar-refractivity contribution in [2.24, 2.45) is 16.0 Å². The maximum Gasteiger partial charge on any atom is 0.516 e. The van der Waals surface area contributed by atoms with Crippen LogP contribution < -0.4 is 16.1 Å². The van der Waals surface area contributed by atoms with Crippen molar-refractivity contribution in [1.29, 1.82) is 0 Å². The molecular formula is C86H98B2Br2ClIN18O11. The Bertz CT molecular complexity index is 5390. The first kappa shape index (κ1) is 92.6. The molecule has 16 rings (SSSR count). The van der Waals surface area contributed by atoms with E-state index >= 15 is 0 Å². The van der Waals surface area contributed by atoms with Crippen LogP contribution in [-0.2, 0) is 37.6 Å². The zero-order valence-corrected chi connectivity index (χ0v) is 76.7. The molecule has 12 aromatic rings. The van der Waals surface area contributed by atoms with Gasteiger partial charge < -0.3 is 32.8 Å². The fraction of sp³-hybridized carbons (Fsp3) is 0.314. The van der Waals surface area contributed by atoms with E-state index in [1.807, 2.05) is 264 Å². The third kappa shape index (κ3) is 24.8. The van der Waals surface area contributed by atoms with Crippen LogP contribution in [0, 0.1) is 9.49 Å². The van der Waals surface area contributed by atoms with E-state index in [1.54, 1.807) is 72.5 Å².